The zero-order chi connectivity index (χ0) is 25.1. The smallest absolute Gasteiger partial charge is 0.411 e. The molecule has 34 heavy (non-hydrogen) atoms. The van der Waals surface area contributed by atoms with Gasteiger partial charge in [0.2, 0.25) is 0 Å². The van der Waals surface area contributed by atoms with E-state index in [4.69, 9.17) is 14.2 Å². The van der Waals surface area contributed by atoms with Gasteiger partial charge in [0.05, 0.1) is 19.1 Å². The Kier molecular flexibility index (Phi) is 10.1. The number of hydrogen-bond donors (Lipinski definition) is 1. The Balaban J connectivity index is 2.30. The third-order valence-corrected chi connectivity index (χ3v) is 4.89. The normalized spacial score (nSPS) is 12.9. The van der Waals surface area contributed by atoms with Crippen LogP contribution >= 0.6 is 0 Å². The summed E-state index contributed by atoms with van der Waals surface area (Å²) < 4.78 is 16.1. The fourth-order valence-electron chi connectivity index (χ4n) is 3.42. The molecule has 2 atom stereocenters. The van der Waals surface area contributed by atoms with Crippen molar-refractivity contribution in [1.82, 2.24) is 4.90 Å². The van der Waals surface area contributed by atoms with Gasteiger partial charge in [0.15, 0.2) is 0 Å². The van der Waals surface area contributed by atoms with Gasteiger partial charge in [0, 0.05) is 7.11 Å². The molecule has 0 aliphatic heterocycles. The summed E-state index contributed by atoms with van der Waals surface area (Å²) in [5.41, 5.74) is 0.790. The fourth-order valence-corrected chi connectivity index (χ4v) is 3.42. The van der Waals surface area contributed by atoms with Gasteiger partial charge in [-0.25, -0.2) is 9.59 Å². The number of carbonyl (C=O) groups excluding carboxylic acids is 2. The third kappa shape index (κ3) is 8.86. The number of carboxylic acid groups (broad SMARTS) is 1. The van der Waals surface area contributed by atoms with E-state index in [9.17, 15) is 19.5 Å². The Morgan fingerprint density at radius 1 is 0.941 bits per heavy atom. The van der Waals surface area contributed by atoms with Crippen LogP contribution in [0.3, 0.4) is 0 Å². The largest absolute Gasteiger partial charge is 0.480 e. The second-order valence-electron chi connectivity index (χ2n) is 8.89. The van der Waals surface area contributed by atoms with Gasteiger partial charge in [-0.05, 0) is 38.3 Å². The standard InChI is InChI=1S/C26H33NO7/c1-26(2,3)34-25(31)27(21(18-32-4)15-19-11-7-5-8-12-19)22(24(29)30)16-23(28)33-17-20-13-9-6-10-14-20/h5-14,21-22H,15-18H2,1-4H3,(H,29,30)/t21-,22+/m0/s1. The second kappa shape index (κ2) is 12.7. The minimum atomic E-state index is -1.50. The zero-order valence-corrected chi connectivity index (χ0v) is 20.1. The molecule has 0 saturated heterocycles. The van der Waals surface area contributed by atoms with Gasteiger partial charge in [0.1, 0.15) is 18.2 Å². The molecule has 184 valence electrons. The monoisotopic (exact) mass is 471 g/mol. The van der Waals surface area contributed by atoms with Crippen molar-refractivity contribution in [2.24, 2.45) is 0 Å². The number of esters is 1. The van der Waals surface area contributed by atoms with E-state index >= 15 is 0 Å². The number of amides is 1. The van der Waals surface area contributed by atoms with Crippen LogP contribution in [0, 0.1) is 0 Å². The number of carboxylic acids is 1. The molecule has 0 aliphatic carbocycles. The number of aliphatic carboxylic acids is 1. The van der Waals surface area contributed by atoms with E-state index in [2.05, 4.69) is 0 Å². The molecule has 8 nitrogen and oxygen atoms in total. The average Bonchev–Trinajstić information content (AvgIpc) is 2.77. The number of methoxy groups -OCH3 is 1. The van der Waals surface area contributed by atoms with Gasteiger partial charge < -0.3 is 19.3 Å². The van der Waals surface area contributed by atoms with Crippen LogP contribution in [0.4, 0.5) is 4.79 Å². The molecule has 0 aromatic heterocycles. The summed E-state index contributed by atoms with van der Waals surface area (Å²) in [6.07, 6.45) is -1.05. The van der Waals surface area contributed by atoms with E-state index in [0.717, 1.165) is 16.0 Å². The van der Waals surface area contributed by atoms with Gasteiger partial charge in [-0.3, -0.25) is 9.69 Å². The van der Waals surface area contributed by atoms with Crippen molar-refractivity contribution in [3.63, 3.8) is 0 Å². The Morgan fingerprint density at radius 3 is 2.00 bits per heavy atom. The molecular weight excluding hydrogens is 438 g/mol. The summed E-state index contributed by atoms with van der Waals surface area (Å²) >= 11 is 0. The van der Waals surface area contributed by atoms with Crippen molar-refractivity contribution >= 4 is 18.0 Å². The van der Waals surface area contributed by atoms with Crippen LogP contribution in [0.2, 0.25) is 0 Å². The van der Waals surface area contributed by atoms with E-state index in [1.165, 1.54) is 7.11 Å². The van der Waals surface area contributed by atoms with Crippen molar-refractivity contribution in [3.8, 4) is 0 Å². The molecule has 0 unspecified atom stereocenters. The molecule has 0 bridgehead atoms. The number of hydrogen-bond acceptors (Lipinski definition) is 6. The quantitative estimate of drug-likeness (QED) is 0.493. The molecule has 8 heteroatoms. The highest BCUT2D eigenvalue weighted by Gasteiger charge is 2.39. The summed E-state index contributed by atoms with van der Waals surface area (Å²) in [6, 6.07) is 16.2. The average molecular weight is 472 g/mol. The van der Waals surface area contributed by atoms with Crippen molar-refractivity contribution in [1.29, 1.82) is 0 Å². The molecule has 2 rings (SSSR count). The maximum Gasteiger partial charge on any atom is 0.411 e. The van der Waals surface area contributed by atoms with E-state index < -0.39 is 42.1 Å². The van der Waals surface area contributed by atoms with Crippen LogP contribution in [-0.2, 0) is 36.8 Å². The first-order valence-electron chi connectivity index (χ1n) is 11.1. The summed E-state index contributed by atoms with van der Waals surface area (Å²) in [5.74, 6) is -2.07. The summed E-state index contributed by atoms with van der Waals surface area (Å²) in [7, 11) is 1.47. The third-order valence-electron chi connectivity index (χ3n) is 4.89. The molecule has 0 aliphatic rings. The fraction of sp³-hybridized carbons (Fsp3) is 0.423. The SMILES string of the molecule is COC[C@H](Cc1ccccc1)N(C(=O)OC(C)(C)C)[C@H](CC(=O)OCc1ccccc1)C(=O)O. The van der Waals surface area contributed by atoms with Gasteiger partial charge in [-0.2, -0.15) is 0 Å². The predicted molar refractivity (Wildman–Crippen MR) is 126 cm³/mol. The molecule has 1 N–H and O–H groups in total. The Hall–Kier alpha value is -3.39. The van der Waals surface area contributed by atoms with Gasteiger partial charge in [0.25, 0.3) is 0 Å². The topological polar surface area (TPSA) is 102 Å². The molecule has 0 spiro atoms. The van der Waals surface area contributed by atoms with Crippen molar-refractivity contribution < 1.29 is 33.7 Å². The van der Waals surface area contributed by atoms with E-state index in [-0.39, 0.29) is 13.2 Å². The second-order valence-corrected chi connectivity index (χ2v) is 8.89. The van der Waals surface area contributed by atoms with E-state index in [1.54, 1.807) is 32.9 Å². The van der Waals surface area contributed by atoms with Crippen molar-refractivity contribution in [2.45, 2.75) is 57.9 Å². The summed E-state index contributed by atoms with van der Waals surface area (Å²) in [4.78, 5) is 39.2. The van der Waals surface area contributed by atoms with Crippen LogP contribution in [0.1, 0.15) is 38.3 Å². The molecule has 2 aromatic rings. The molecular formula is C26H33NO7. The molecule has 0 fully saturated rings. The highest BCUT2D eigenvalue weighted by molar-refractivity contribution is 5.85. The molecule has 0 saturated carbocycles. The summed E-state index contributed by atoms with van der Waals surface area (Å²) in [6.45, 7) is 5.13. The number of benzene rings is 2. The Morgan fingerprint density at radius 2 is 1.50 bits per heavy atom. The van der Waals surface area contributed by atoms with E-state index in [1.807, 2.05) is 48.5 Å². The van der Waals surface area contributed by atoms with Crippen LogP contribution < -0.4 is 0 Å². The summed E-state index contributed by atoms with van der Waals surface area (Å²) in [5, 5.41) is 10.0. The molecule has 1 amide bonds. The van der Waals surface area contributed by atoms with Crippen LogP contribution in [0.5, 0.6) is 0 Å². The Bertz CT molecular complexity index is 925. The van der Waals surface area contributed by atoms with E-state index in [0.29, 0.717) is 6.42 Å². The van der Waals surface area contributed by atoms with Crippen LogP contribution in [0.15, 0.2) is 60.7 Å². The lowest BCUT2D eigenvalue weighted by Gasteiger charge is -2.36. The molecule has 0 heterocycles. The van der Waals surface area contributed by atoms with Crippen LogP contribution in [0.25, 0.3) is 0 Å². The zero-order valence-electron chi connectivity index (χ0n) is 20.1. The van der Waals surface area contributed by atoms with Crippen molar-refractivity contribution in [3.05, 3.63) is 71.8 Å². The lowest BCUT2D eigenvalue weighted by atomic mass is 10.0. The number of rotatable bonds is 11. The first-order valence-corrected chi connectivity index (χ1v) is 11.1. The predicted octanol–water partition coefficient (Wildman–Crippen LogP) is 4.07. The van der Waals surface area contributed by atoms with Gasteiger partial charge in [-0.1, -0.05) is 60.7 Å². The Labute approximate surface area is 200 Å². The highest BCUT2D eigenvalue weighted by atomic mass is 16.6. The molecule has 2 aromatic carbocycles. The van der Waals surface area contributed by atoms with Crippen LogP contribution in [-0.4, -0.2) is 59.4 Å². The minimum absolute atomic E-state index is 0.00393. The maximum absolute atomic E-state index is 13.2. The highest BCUT2D eigenvalue weighted by Crippen LogP contribution is 2.21. The number of carbonyl (C=O) groups is 3. The van der Waals surface area contributed by atoms with Crippen molar-refractivity contribution in [2.75, 3.05) is 13.7 Å². The maximum atomic E-state index is 13.2. The number of ether oxygens (including phenoxy) is 3. The first-order chi connectivity index (χ1) is 16.1. The van der Waals surface area contributed by atoms with Gasteiger partial charge >= 0.3 is 18.0 Å². The minimum Gasteiger partial charge on any atom is -0.480 e. The number of nitrogens with zero attached hydrogens (tertiary/aromatic N) is 1. The lowest BCUT2D eigenvalue weighted by molar-refractivity contribution is -0.154. The lowest BCUT2D eigenvalue weighted by Crippen LogP contribution is -2.55. The first kappa shape index (κ1) is 26.9. The van der Waals surface area contributed by atoms with Gasteiger partial charge in [-0.15, -0.1) is 0 Å². The molecule has 0 radical (unpaired) electrons.